The Labute approximate surface area is 101 Å². The van der Waals surface area contributed by atoms with Crippen LogP contribution in [0.2, 0.25) is 5.15 Å². The zero-order valence-corrected chi connectivity index (χ0v) is 10.6. The van der Waals surface area contributed by atoms with Crippen LogP contribution in [0.4, 0.5) is 5.82 Å². The molecule has 1 atom stereocenters. The summed E-state index contributed by atoms with van der Waals surface area (Å²) in [5.74, 6) is 4.47. The third kappa shape index (κ3) is 2.92. The number of thioether (sulfide) groups is 2. The van der Waals surface area contributed by atoms with E-state index in [-0.39, 0.29) is 0 Å². The molecule has 1 aliphatic rings. The smallest absolute Gasteiger partial charge is 0.186 e. The lowest BCUT2D eigenvalue weighted by Gasteiger charge is -2.20. The fourth-order valence-electron chi connectivity index (χ4n) is 1.15. The van der Waals surface area contributed by atoms with Crippen LogP contribution in [-0.4, -0.2) is 37.8 Å². The molecule has 0 aliphatic carbocycles. The average Bonchev–Trinajstić information content (AvgIpc) is 2.63. The molecule has 0 spiro atoms. The summed E-state index contributed by atoms with van der Waals surface area (Å²) in [4.78, 5) is 0. The van der Waals surface area contributed by atoms with Gasteiger partial charge in [0.25, 0.3) is 0 Å². The molecule has 14 heavy (non-hydrogen) atoms. The molecule has 1 fully saturated rings. The lowest BCUT2D eigenvalue weighted by molar-refractivity contribution is 0.998. The minimum absolute atomic E-state index is 0.489. The standard InChI is InChI=1S/C7H10ClN3S3/c8-6-7(11-14-10-6)9-3-5-4-12-1-2-13-5/h5H,1-4H2,(H,9,11). The Kier molecular flexibility index (Phi) is 4.22. The molecular formula is C7H10ClN3S3. The molecule has 7 heteroatoms. The van der Waals surface area contributed by atoms with Crippen molar-refractivity contribution in [1.29, 1.82) is 0 Å². The van der Waals surface area contributed by atoms with E-state index in [1.807, 2.05) is 23.5 Å². The minimum atomic E-state index is 0.489. The van der Waals surface area contributed by atoms with Crippen LogP contribution in [0.5, 0.6) is 0 Å². The molecular weight excluding hydrogens is 258 g/mol. The molecule has 1 aliphatic heterocycles. The molecule has 1 saturated heterocycles. The molecule has 1 aromatic heterocycles. The summed E-state index contributed by atoms with van der Waals surface area (Å²) in [6.45, 7) is 0.933. The summed E-state index contributed by atoms with van der Waals surface area (Å²) in [5.41, 5.74) is 0. The maximum Gasteiger partial charge on any atom is 0.186 e. The van der Waals surface area contributed by atoms with Crippen molar-refractivity contribution in [3.63, 3.8) is 0 Å². The summed E-state index contributed by atoms with van der Waals surface area (Å²) < 4.78 is 7.97. The van der Waals surface area contributed by atoms with Crippen LogP contribution in [0.25, 0.3) is 0 Å². The van der Waals surface area contributed by atoms with Gasteiger partial charge in [0.2, 0.25) is 0 Å². The summed E-state index contributed by atoms with van der Waals surface area (Å²) in [6, 6.07) is 0. The van der Waals surface area contributed by atoms with Gasteiger partial charge in [-0.15, -0.1) is 0 Å². The number of hydrogen-bond donors (Lipinski definition) is 1. The van der Waals surface area contributed by atoms with Crippen molar-refractivity contribution in [2.45, 2.75) is 5.25 Å². The quantitative estimate of drug-likeness (QED) is 0.911. The highest BCUT2D eigenvalue weighted by atomic mass is 35.5. The van der Waals surface area contributed by atoms with E-state index in [0.717, 1.165) is 24.1 Å². The second-order valence-corrected chi connectivity index (χ2v) is 6.30. The zero-order chi connectivity index (χ0) is 9.80. The van der Waals surface area contributed by atoms with Crippen LogP contribution in [0.15, 0.2) is 0 Å². The first-order chi connectivity index (χ1) is 6.86. The molecule has 2 heterocycles. The largest absolute Gasteiger partial charge is 0.365 e. The van der Waals surface area contributed by atoms with Gasteiger partial charge in [0, 0.05) is 29.1 Å². The highest BCUT2D eigenvalue weighted by Gasteiger charge is 2.15. The number of nitrogens with one attached hydrogen (secondary N) is 1. The topological polar surface area (TPSA) is 37.8 Å². The Bertz CT molecular complexity index is 287. The van der Waals surface area contributed by atoms with Gasteiger partial charge in [0.1, 0.15) is 0 Å². The van der Waals surface area contributed by atoms with Crippen LogP contribution < -0.4 is 5.32 Å². The first kappa shape index (κ1) is 10.9. The van der Waals surface area contributed by atoms with Crippen LogP contribution >= 0.6 is 46.9 Å². The Morgan fingerprint density at radius 2 is 2.36 bits per heavy atom. The van der Waals surface area contributed by atoms with E-state index in [0.29, 0.717) is 10.4 Å². The van der Waals surface area contributed by atoms with Crippen LogP contribution in [-0.2, 0) is 0 Å². The van der Waals surface area contributed by atoms with E-state index in [1.54, 1.807) is 0 Å². The highest BCUT2D eigenvalue weighted by molar-refractivity contribution is 8.06. The number of nitrogens with zero attached hydrogens (tertiary/aromatic N) is 2. The van der Waals surface area contributed by atoms with Gasteiger partial charge in [-0.05, 0) is 0 Å². The third-order valence-electron chi connectivity index (χ3n) is 1.83. The second kappa shape index (κ2) is 5.44. The number of aromatic nitrogens is 2. The molecule has 0 radical (unpaired) electrons. The molecule has 0 bridgehead atoms. The van der Waals surface area contributed by atoms with E-state index in [9.17, 15) is 0 Å². The predicted molar refractivity (Wildman–Crippen MR) is 67.0 cm³/mol. The fourth-order valence-corrected chi connectivity index (χ4v) is 4.44. The van der Waals surface area contributed by atoms with Gasteiger partial charge in [0.05, 0.1) is 11.7 Å². The summed E-state index contributed by atoms with van der Waals surface area (Å²) in [5, 5.41) is 4.40. The van der Waals surface area contributed by atoms with Crippen LogP contribution in [0.1, 0.15) is 0 Å². The number of hydrogen-bond acceptors (Lipinski definition) is 6. The summed E-state index contributed by atoms with van der Waals surface area (Å²) in [7, 11) is 0. The monoisotopic (exact) mass is 267 g/mol. The Morgan fingerprint density at radius 3 is 3.00 bits per heavy atom. The Balaban J connectivity index is 1.79. The maximum absolute atomic E-state index is 5.82. The van der Waals surface area contributed by atoms with E-state index >= 15 is 0 Å². The van der Waals surface area contributed by atoms with Gasteiger partial charge in [-0.1, -0.05) is 11.6 Å². The number of anilines is 1. The molecule has 0 aromatic carbocycles. The second-order valence-electron chi connectivity index (χ2n) is 2.85. The molecule has 1 N–H and O–H groups in total. The Morgan fingerprint density at radius 1 is 1.43 bits per heavy atom. The first-order valence-electron chi connectivity index (χ1n) is 4.27. The van der Waals surface area contributed by atoms with Crippen molar-refractivity contribution in [2.24, 2.45) is 0 Å². The lowest BCUT2D eigenvalue weighted by atomic mass is 10.4. The maximum atomic E-state index is 5.82. The van der Waals surface area contributed by atoms with Crippen LogP contribution in [0, 0.1) is 0 Å². The van der Waals surface area contributed by atoms with Gasteiger partial charge in [-0.25, -0.2) is 0 Å². The zero-order valence-electron chi connectivity index (χ0n) is 7.40. The Hall–Kier alpha value is 0.350. The molecule has 3 nitrogen and oxygen atoms in total. The minimum Gasteiger partial charge on any atom is -0.365 e. The fraction of sp³-hybridized carbons (Fsp3) is 0.714. The van der Waals surface area contributed by atoms with Crippen molar-refractivity contribution in [3.05, 3.63) is 5.15 Å². The van der Waals surface area contributed by atoms with Crippen LogP contribution in [0.3, 0.4) is 0 Å². The van der Waals surface area contributed by atoms with Gasteiger partial charge in [-0.3, -0.25) is 0 Å². The summed E-state index contributed by atoms with van der Waals surface area (Å²) in [6.07, 6.45) is 0. The number of halogens is 1. The molecule has 2 rings (SSSR count). The average molecular weight is 268 g/mol. The molecule has 1 unspecified atom stereocenters. The molecule has 1 aromatic rings. The van der Waals surface area contributed by atoms with Gasteiger partial charge in [0.15, 0.2) is 11.0 Å². The van der Waals surface area contributed by atoms with Crippen molar-refractivity contribution >= 4 is 52.7 Å². The van der Waals surface area contributed by atoms with Gasteiger partial charge >= 0.3 is 0 Å². The van der Waals surface area contributed by atoms with E-state index in [4.69, 9.17) is 11.6 Å². The molecule has 0 saturated carbocycles. The van der Waals surface area contributed by atoms with Gasteiger partial charge in [-0.2, -0.15) is 32.3 Å². The van der Waals surface area contributed by atoms with E-state index in [2.05, 4.69) is 14.1 Å². The van der Waals surface area contributed by atoms with E-state index in [1.165, 1.54) is 17.3 Å². The van der Waals surface area contributed by atoms with Crippen molar-refractivity contribution in [3.8, 4) is 0 Å². The van der Waals surface area contributed by atoms with E-state index < -0.39 is 0 Å². The van der Waals surface area contributed by atoms with Gasteiger partial charge < -0.3 is 5.32 Å². The number of rotatable bonds is 3. The SMILES string of the molecule is Clc1nsnc1NCC1CSCCS1. The lowest BCUT2D eigenvalue weighted by Crippen LogP contribution is -2.23. The third-order valence-corrected chi connectivity index (χ3v) is 5.57. The summed E-state index contributed by atoms with van der Waals surface area (Å²) >= 11 is 11.0. The van der Waals surface area contributed by atoms with Crippen molar-refractivity contribution in [2.75, 3.05) is 29.1 Å². The normalized spacial score (nSPS) is 22.2. The van der Waals surface area contributed by atoms with Crippen molar-refractivity contribution < 1.29 is 0 Å². The van der Waals surface area contributed by atoms with Crippen molar-refractivity contribution in [1.82, 2.24) is 8.75 Å². The first-order valence-corrected chi connectivity index (χ1v) is 7.58. The predicted octanol–water partition coefficient (Wildman–Crippen LogP) is 2.45. The molecule has 0 amide bonds. The highest BCUT2D eigenvalue weighted by Crippen LogP contribution is 2.25. The molecule has 78 valence electrons.